The first-order valence-corrected chi connectivity index (χ1v) is 6.46. The second-order valence-electron chi connectivity index (χ2n) is 3.20. The summed E-state index contributed by atoms with van der Waals surface area (Å²) in [5.41, 5.74) is 2.20. The lowest BCUT2D eigenvalue weighted by atomic mass is 10.4. The van der Waals surface area contributed by atoms with E-state index in [-0.39, 0.29) is 17.3 Å². The van der Waals surface area contributed by atoms with E-state index in [0.717, 1.165) is 6.20 Å². The van der Waals surface area contributed by atoms with Crippen molar-refractivity contribution in [3.05, 3.63) is 28.4 Å². The van der Waals surface area contributed by atoms with Gasteiger partial charge in [-0.3, -0.25) is 15.5 Å². The Hall–Kier alpha value is -1.74. The van der Waals surface area contributed by atoms with Gasteiger partial charge in [0.15, 0.2) is 0 Å². The third kappa shape index (κ3) is 4.33. The van der Waals surface area contributed by atoms with Crippen molar-refractivity contribution < 1.29 is 13.3 Å². The fourth-order valence-electron chi connectivity index (χ4n) is 1.02. The van der Waals surface area contributed by atoms with Gasteiger partial charge in [0.05, 0.1) is 10.7 Å². The molecule has 0 aromatic carbocycles. The van der Waals surface area contributed by atoms with Gasteiger partial charge >= 0.3 is 0 Å². The van der Waals surface area contributed by atoms with E-state index >= 15 is 0 Å². The number of hydrazine groups is 1. The summed E-state index contributed by atoms with van der Waals surface area (Å²) in [5, 5.41) is 10.3. The smallest absolute Gasteiger partial charge is 0.287 e. The standard InChI is InChI=1S/C8H12N4O4S/c1-2-5-17(15,16)11-10-8-4-3-7(6-9-8)12(13)14/h3-4,6,11H,2,5H2,1H3,(H,9,10). The minimum absolute atomic E-state index is 0.00696. The maximum atomic E-state index is 11.3. The van der Waals surface area contributed by atoms with Crippen molar-refractivity contribution in [3.8, 4) is 0 Å². The zero-order valence-electron chi connectivity index (χ0n) is 9.08. The molecule has 0 radical (unpaired) electrons. The molecule has 0 bridgehead atoms. The van der Waals surface area contributed by atoms with Crippen LogP contribution in [0.2, 0.25) is 0 Å². The van der Waals surface area contributed by atoms with Crippen molar-refractivity contribution in [3.63, 3.8) is 0 Å². The van der Waals surface area contributed by atoms with Crippen molar-refractivity contribution in [1.82, 2.24) is 9.82 Å². The Bertz CT molecular complexity index is 485. The predicted octanol–water partition coefficient (Wildman–Crippen LogP) is 0.646. The van der Waals surface area contributed by atoms with Crippen LogP contribution in [0.5, 0.6) is 0 Å². The number of rotatable bonds is 6. The first kappa shape index (κ1) is 13.3. The summed E-state index contributed by atoms with van der Waals surface area (Å²) >= 11 is 0. The summed E-state index contributed by atoms with van der Waals surface area (Å²) in [6.45, 7) is 1.74. The maximum absolute atomic E-state index is 11.3. The summed E-state index contributed by atoms with van der Waals surface area (Å²) < 4.78 is 22.5. The van der Waals surface area contributed by atoms with Gasteiger partial charge in [-0.05, 0) is 12.5 Å². The number of nitro groups is 1. The lowest BCUT2D eigenvalue weighted by molar-refractivity contribution is -0.385. The molecule has 1 rings (SSSR count). The quantitative estimate of drug-likeness (QED) is 0.573. The summed E-state index contributed by atoms with van der Waals surface area (Å²) in [7, 11) is -3.39. The number of nitrogens with zero attached hydrogens (tertiary/aromatic N) is 2. The average Bonchev–Trinajstić information content (AvgIpc) is 2.27. The van der Waals surface area contributed by atoms with Crippen LogP contribution in [0.4, 0.5) is 11.5 Å². The highest BCUT2D eigenvalue weighted by Gasteiger charge is 2.09. The molecule has 0 saturated heterocycles. The normalized spacial score (nSPS) is 11.1. The second-order valence-corrected chi connectivity index (χ2v) is 5.05. The Labute approximate surface area is 98.2 Å². The Morgan fingerprint density at radius 1 is 1.47 bits per heavy atom. The third-order valence-electron chi connectivity index (χ3n) is 1.77. The molecule has 0 atom stereocenters. The van der Waals surface area contributed by atoms with Crippen LogP contribution in [0.25, 0.3) is 0 Å². The van der Waals surface area contributed by atoms with E-state index in [1.807, 2.05) is 0 Å². The van der Waals surface area contributed by atoms with E-state index in [4.69, 9.17) is 0 Å². The summed E-state index contributed by atoms with van der Waals surface area (Å²) in [4.78, 5) is 15.6. The van der Waals surface area contributed by atoms with Gasteiger partial charge in [0.25, 0.3) is 5.69 Å². The van der Waals surface area contributed by atoms with Gasteiger partial charge in [0.1, 0.15) is 12.0 Å². The van der Waals surface area contributed by atoms with Crippen molar-refractivity contribution in [1.29, 1.82) is 0 Å². The van der Waals surface area contributed by atoms with Crippen LogP contribution in [0, 0.1) is 10.1 Å². The van der Waals surface area contributed by atoms with Gasteiger partial charge in [0, 0.05) is 6.07 Å². The van der Waals surface area contributed by atoms with Gasteiger partial charge in [0.2, 0.25) is 10.0 Å². The molecular weight excluding hydrogens is 248 g/mol. The number of anilines is 1. The van der Waals surface area contributed by atoms with Crippen LogP contribution >= 0.6 is 0 Å². The highest BCUT2D eigenvalue weighted by Crippen LogP contribution is 2.11. The van der Waals surface area contributed by atoms with Crippen molar-refractivity contribution in [2.24, 2.45) is 0 Å². The SMILES string of the molecule is CCCS(=O)(=O)NNc1ccc([N+](=O)[O-])cn1. The fraction of sp³-hybridized carbons (Fsp3) is 0.375. The Balaban J connectivity index is 2.62. The number of hydrogen-bond acceptors (Lipinski definition) is 6. The maximum Gasteiger partial charge on any atom is 0.287 e. The molecule has 2 N–H and O–H groups in total. The average molecular weight is 260 g/mol. The van der Waals surface area contributed by atoms with E-state index < -0.39 is 14.9 Å². The van der Waals surface area contributed by atoms with E-state index in [9.17, 15) is 18.5 Å². The molecular formula is C8H12N4O4S. The van der Waals surface area contributed by atoms with E-state index in [0.29, 0.717) is 6.42 Å². The van der Waals surface area contributed by atoms with Crippen LogP contribution in [0.1, 0.15) is 13.3 Å². The number of hydrogen-bond donors (Lipinski definition) is 2. The van der Waals surface area contributed by atoms with E-state index in [1.165, 1.54) is 12.1 Å². The highest BCUT2D eigenvalue weighted by atomic mass is 32.2. The van der Waals surface area contributed by atoms with Gasteiger partial charge in [-0.25, -0.2) is 13.4 Å². The van der Waals surface area contributed by atoms with Crippen LogP contribution in [0.3, 0.4) is 0 Å². The van der Waals surface area contributed by atoms with E-state index in [1.54, 1.807) is 6.92 Å². The fourth-order valence-corrected chi connectivity index (χ4v) is 1.92. The van der Waals surface area contributed by atoms with Gasteiger partial charge in [-0.15, -0.1) is 4.83 Å². The summed E-state index contributed by atoms with van der Waals surface area (Å²) in [6.07, 6.45) is 1.53. The molecule has 94 valence electrons. The molecule has 0 fully saturated rings. The third-order valence-corrected chi connectivity index (χ3v) is 3.12. The Kier molecular flexibility index (Phi) is 4.35. The first-order chi connectivity index (χ1) is 7.94. The molecule has 0 spiro atoms. The Morgan fingerprint density at radius 3 is 2.65 bits per heavy atom. The van der Waals surface area contributed by atoms with Crippen LogP contribution < -0.4 is 10.3 Å². The molecule has 0 aliphatic carbocycles. The molecule has 0 unspecified atom stereocenters. The minimum atomic E-state index is -3.39. The number of sulfonamides is 1. The van der Waals surface area contributed by atoms with Crippen LogP contribution in [-0.4, -0.2) is 24.1 Å². The van der Waals surface area contributed by atoms with Crippen molar-refractivity contribution in [2.45, 2.75) is 13.3 Å². The topological polar surface area (TPSA) is 114 Å². The molecule has 0 aliphatic heterocycles. The van der Waals surface area contributed by atoms with Gasteiger partial charge < -0.3 is 0 Å². The zero-order chi connectivity index (χ0) is 12.9. The van der Waals surface area contributed by atoms with E-state index in [2.05, 4.69) is 15.2 Å². The molecule has 1 aromatic heterocycles. The largest absolute Gasteiger partial charge is 0.292 e. The van der Waals surface area contributed by atoms with Gasteiger partial charge in [-0.1, -0.05) is 6.92 Å². The highest BCUT2D eigenvalue weighted by molar-refractivity contribution is 7.89. The molecule has 0 aliphatic rings. The number of aromatic nitrogens is 1. The first-order valence-electron chi connectivity index (χ1n) is 4.80. The minimum Gasteiger partial charge on any atom is -0.292 e. The van der Waals surface area contributed by atoms with Crippen LogP contribution in [0.15, 0.2) is 18.3 Å². The molecule has 1 heterocycles. The monoisotopic (exact) mass is 260 g/mol. The molecule has 9 heteroatoms. The molecule has 1 aromatic rings. The predicted molar refractivity (Wildman–Crippen MR) is 61.7 cm³/mol. The molecule has 0 saturated carbocycles. The molecule has 17 heavy (non-hydrogen) atoms. The molecule has 0 amide bonds. The van der Waals surface area contributed by atoms with Crippen molar-refractivity contribution >= 4 is 21.5 Å². The number of nitrogens with one attached hydrogen (secondary N) is 2. The Morgan fingerprint density at radius 2 is 2.18 bits per heavy atom. The summed E-state index contributed by atoms with van der Waals surface area (Å²) in [6, 6.07) is 2.54. The van der Waals surface area contributed by atoms with Crippen LogP contribution in [-0.2, 0) is 10.0 Å². The number of pyridine rings is 1. The van der Waals surface area contributed by atoms with Crippen molar-refractivity contribution in [2.75, 3.05) is 11.2 Å². The van der Waals surface area contributed by atoms with Gasteiger partial charge in [-0.2, -0.15) is 0 Å². The summed E-state index contributed by atoms with van der Waals surface area (Å²) in [5.74, 6) is 0.183. The zero-order valence-corrected chi connectivity index (χ0v) is 9.90. The lowest BCUT2D eigenvalue weighted by Crippen LogP contribution is -2.31. The second kappa shape index (κ2) is 5.55. The molecule has 8 nitrogen and oxygen atoms in total. The lowest BCUT2D eigenvalue weighted by Gasteiger charge is -2.07.